The van der Waals surface area contributed by atoms with Gasteiger partial charge in [-0.05, 0) is 53.4 Å². The summed E-state index contributed by atoms with van der Waals surface area (Å²) in [5, 5.41) is 11.5. The summed E-state index contributed by atoms with van der Waals surface area (Å²) in [5.74, 6) is 0.304. The minimum Gasteiger partial charge on any atom is -0.491 e. The number of benzene rings is 3. The number of esters is 1. The van der Waals surface area contributed by atoms with E-state index >= 15 is 0 Å². The third kappa shape index (κ3) is 4.84. The fraction of sp³-hybridized carbons (Fsp3) is 0.240. The summed E-state index contributed by atoms with van der Waals surface area (Å²) in [6.07, 6.45) is 0.521. The molecule has 4 nitrogen and oxygen atoms in total. The predicted octanol–water partition coefficient (Wildman–Crippen LogP) is 4.85. The normalized spacial score (nSPS) is 10.7. The van der Waals surface area contributed by atoms with Gasteiger partial charge in [0, 0.05) is 17.6 Å². The summed E-state index contributed by atoms with van der Waals surface area (Å²) in [4.78, 5) is 11.7. The van der Waals surface area contributed by atoms with Crippen LogP contribution in [0.2, 0.25) is 0 Å². The van der Waals surface area contributed by atoms with Crippen LogP contribution < -0.4 is 4.74 Å². The molecule has 0 aliphatic heterocycles. The first kappa shape index (κ1) is 20.6. The van der Waals surface area contributed by atoms with Crippen molar-refractivity contribution >= 4 is 16.7 Å². The Bertz CT molecular complexity index is 1040. The van der Waals surface area contributed by atoms with Crippen molar-refractivity contribution in [3.05, 3.63) is 77.9 Å². The van der Waals surface area contributed by atoms with Crippen molar-refractivity contribution in [3.8, 4) is 16.9 Å². The predicted molar refractivity (Wildman–Crippen MR) is 116 cm³/mol. The number of ether oxygens (including phenoxy) is 2. The summed E-state index contributed by atoms with van der Waals surface area (Å²) in [6.45, 7) is 7.68. The smallest absolute Gasteiger partial charge is 0.333 e. The lowest BCUT2D eigenvalue weighted by Gasteiger charge is -2.17. The van der Waals surface area contributed by atoms with E-state index in [9.17, 15) is 4.79 Å². The number of fused-ring (bicyclic) bond motifs is 1. The molecule has 3 aromatic rings. The summed E-state index contributed by atoms with van der Waals surface area (Å²) in [5.41, 5.74) is 4.65. The summed E-state index contributed by atoms with van der Waals surface area (Å²) in [6, 6.07) is 18.6. The number of aliphatic hydroxyl groups is 1. The fourth-order valence-electron chi connectivity index (χ4n) is 3.37. The van der Waals surface area contributed by atoms with Gasteiger partial charge in [0.1, 0.15) is 12.4 Å². The van der Waals surface area contributed by atoms with Crippen LogP contribution in [0.15, 0.2) is 66.7 Å². The van der Waals surface area contributed by atoms with Gasteiger partial charge in [-0.15, -0.1) is 0 Å². The van der Waals surface area contributed by atoms with E-state index in [0.29, 0.717) is 17.7 Å². The fourth-order valence-corrected chi connectivity index (χ4v) is 3.37. The lowest BCUT2D eigenvalue weighted by atomic mass is 9.93. The first-order valence-corrected chi connectivity index (χ1v) is 9.69. The van der Waals surface area contributed by atoms with E-state index in [2.05, 4.69) is 36.9 Å². The monoisotopic (exact) mass is 390 g/mol. The van der Waals surface area contributed by atoms with Crippen LogP contribution in [0.25, 0.3) is 21.9 Å². The van der Waals surface area contributed by atoms with Gasteiger partial charge in [-0.2, -0.15) is 0 Å². The summed E-state index contributed by atoms with van der Waals surface area (Å²) in [7, 11) is 0. The van der Waals surface area contributed by atoms with E-state index in [4.69, 9.17) is 14.6 Å². The van der Waals surface area contributed by atoms with Gasteiger partial charge in [-0.3, -0.25) is 0 Å². The van der Waals surface area contributed by atoms with Gasteiger partial charge in [-0.25, -0.2) is 4.79 Å². The molecule has 0 spiro atoms. The molecule has 0 aliphatic carbocycles. The Morgan fingerprint density at radius 3 is 2.52 bits per heavy atom. The first-order chi connectivity index (χ1) is 14.0. The van der Waals surface area contributed by atoms with E-state index in [1.807, 2.05) is 31.2 Å². The number of hydrogen-bond donors (Lipinski definition) is 1. The molecule has 0 aromatic heterocycles. The van der Waals surface area contributed by atoms with Crippen molar-refractivity contribution in [1.82, 2.24) is 0 Å². The Morgan fingerprint density at radius 2 is 1.79 bits per heavy atom. The molecule has 29 heavy (non-hydrogen) atoms. The average Bonchev–Trinajstić information content (AvgIpc) is 2.73. The molecule has 150 valence electrons. The third-order valence-corrected chi connectivity index (χ3v) is 4.90. The van der Waals surface area contributed by atoms with Crippen molar-refractivity contribution in [2.45, 2.75) is 20.3 Å². The minimum absolute atomic E-state index is 0.0600. The molecule has 0 unspecified atom stereocenters. The summed E-state index contributed by atoms with van der Waals surface area (Å²) < 4.78 is 11.0. The van der Waals surface area contributed by atoms with E-state index in [-0.39, 0.29) is 19.8 Å². The summed E-state index contributed by atoms with van der Waals surface area (Å²) >= 11 is 0. The van der Waals surface area contributed by atoms with E-state index in [0.717, 1.165) is 22.3 Å². The van der Waals surface area contributed by atoms with Gasteiger partial charge >= 0.3 is 5.97 Å². The number of hydrogen-bond acceptors (Lipinski definition) is 4. The Kier molecular flexibility index (Phi) is 6.68. The first-order valence-electron chi connectivity index (χ1n) is 9.69. The average molecular weight is 390 g/mol. The van der Waals surface area contributed by atoms with Crippen molar-refractivity contribution in [3.63, 3.8) is 0 Å². The largest absolute Gasteiger partial charge is 0.491 e. The van der Waals surface area contributed by atoms with Crippen molar-refractivity contribution < 1.29 is 19.4 Å². The number of rotatable bonds is 8. The van der Waals surface area contributed by atoms with Gasteiger partial charge < -0.3 is 14.6 Å². The van der Waals surface area contributed by atoms with Gasteiger partial charge in [0.05, 0.1) is 13.2 Å². The lowest BCUT2D eigenvalue weighted by Crippen LogP contribution is -2.11. The highest BCUT2D eigenvalue weighted by atomic mass is 16.5. The Balaban J connectivity index is 1.95. The van der Waals surface area contributed by atoms with Crippen LogP contribution in [-0.2, 0) is 16.0 Å². The van der Waals surface area contributed by atoms with Gasteiger partial charge in [0.15, 0.2) is 0 Å². The number of carbonyl (C=O) groups excluding carboxylic acids is 1. The Morgan fingerprint density at radius 1 is 1.03 bits per heavy atom. The SMILES string of the molecule is C=C(C)C(=O)OCCc1c(OCCO)ccc(-c2ccc3ccccc3c2)c1C. The molecule has 0 radical (unpaired) electrons. The number of aliphatic hydroxyl groups excluding tert-OH is 1. The highest BCUT2D eigenvalue weighted by molar-refractivity contribution is 5.88. The van der Waals surface area contributed by atoms with Crippen LogP contribution in [0, 0.1) is 6.92 Å². The van der Waals surface area contributed by atoms with Crippen molar-refractivity contribution in [1.29, 1.82) is 0 Å². The molecule has 3 rings (SSSR count). The molecule has 0 amide bonds. The highest BCUT2D eigenvalue weighted by Crippen LogP contribution is 2.33. The second kappa shape index (κ2) is 9.39. The zero-order valence-electron chi connectivity index (χ0n) is 16.9. The molecule has 0 fully saturated rings. The van der Waals surface area contributed by atoms with E-state index in [1.54, 1.807) is 6.92 Å². The second-order valence-corrected chi connectivity index (χ2v) is 7.02. The van der Waals surface area contributed by atoms with Crippen LogP contribution in [0.1, 0.15) is 18.1 Å². The molecule has 0 saturated heterocycles. The number of carbonyl (C=O) groups is 1. The molecule has 0 atom stereocenters. The maximum absolute atomic E-state index is 11.7. The molecule has 4 heteroatoms. The van der Waals surface area contributed by atoms with Gasteiger partial charge in [-0.1, -0.05) is 49.0 Å². The molecule has 1 N–H and O–H groups in total. The van der Waals surface area contributed by atoms with Crippen LogP contribution in [-0.4, -0.2) is 30.9 Å². The molecule has 0 bridgehead atoms. The maximum Gasteiger partial charge on any atom is 0.333 e. The standard InChI is InChI=1S/C25H26O4/c1-17(2)25(27)29-14-12-23-18(3)22(10-11-24(23)28-15-13-26)21-9-8-19-6-4-5-7-20(19)16-21/h4-11,16,26H,1,12-15H2,2-3H3. The van der Waals surface area contributed by atoms with E-state index in [1.165, 1.54) is 10.8 Å². The minimum atomic E-state index is -0.397. The second-order valence-electron chi connectivity index (χ2n) is 7.02. The van der Waals surface area contributed by atoms with Crippen molar-refractivity contribution in [2.75, 3.05) is 19.8 Å². The quantitative estimate of drug-likeness (QED) is 0.441. The van der Waals surface area contributed by atoms with Crippen LogP contribution in [0.4, 0.5) is 0 Å². The van der Waals surface area contributed by atoms with Crippen LogP contribution in [0.3, 0.4) is 0 Å². The highest BCUT2D eigenvalue weighted by Gasteiger charge is 2.14. The van der Waals surface area contributed by atoms with Gasteiger partial charge in [0.25, 0.3) is 0 Å². The zero-order valence-corrected chi connectivity index (χ0v) is 16.9. The molecule has 0 heterocycles. The lowest BCUT2D eigenvalue weighted by molar-refractivity contribution is -0.138. The maximum atomic E-state index is 11.7. The topological polar surface area (TPSA) is 55.8 Å². The molecule has 0 aliphatic rings. The Labute approximate surface area is 171 Å². The zero-order chi connectivity index (χ0) is 20.8. The van der Waals surface area contributed by atoms with Crippen LogP contribution >= 0.6 is 0 Å². The van der Waals surface area contributed by atoms with Crippen molar-refractivity contribution in [2.24, 2.45) is 0 Å². The van der Waals surface area contributed by atoms with E-state index < -0.39 is 5.97 Å². The Hall–Kier alpha value is -3.11. The van der Waals surface area contributed by atoms with Gasteiger partial charge in [0.2, 0.25) is 0 Å². The molecular formula is C25H26O4. The third-order valence-electron chi connectivity index (χ3n) is 4.90. The molecular weight excluding hydrogens is 364 g/mol. The molecule has 0 saturated carbocycles. The molecule has 3 aromatic carbocycles. The van der Waals surface area contributed by atoms with Crippen LogP contribution in [0.5, 0.6) is 5.75 Å².